The molecule has 168 valence electrons. The summed E-state index contributed by atoms with van der Waals surface area (Å²) in [6.07, 6.45) is 0.163. The Kier molecular flexibility index (Phi) is 6.61. The molecule has 1 aliphatic heterocycles. The number of fused-ring (bicyclic) bond motifs is 3. The minimum atomic E-state index is -0.869. The quantitative estimate of drug-likeness (QED) is 0.478. The molecule has 0 radical (unpaired) electrons. The van der Waals surface area contributed by atoms with Crippen molar-refractivity contribution in [3.05, 3.63) is 59.2 Å². The molecule has 0 spiro atoms. The van der Waals surface area contributed by atoms with E-state index in [2.05, 4.69) is 35.1 Å². The van der Waals surface area contributed by atoms with Gasteiger partial charge in [-0.05, 0) is 37.5 Å². The van der Waals surface area contributed by atoms with Gasteiger partial charge in [-0.1, -0.05) is 55.4 Å². The molecule has 33 heavy (non-hydrogen) atoms. The highest BCUT2D eigenvalue weighted by molar-refractivity contribution is 7.99. The number of thioether (sulfide) groups is 1. The van der Waals surface area contributed by atoms with Gasteiger partial charge in [0.15, 0.2) is 5.69 Å². The summed E-state index contributed by atoms with van der Waals surface area (Å²) in [7, 11) is 0. The van der Waals surface area contributed by atoms with Gasteiger partial charge >= 0.3 is 0 Å². The summed E-state index contributed by atoms with van der Waals surface area (Å²) in [6, 6.07) is 15.1. The van der Waals surface area contributed by atoms with E-state index in [4.69, 9.17) is 4.74 Å². The Morgan fingerprint density at radius 3 is 2.76 bits per heavy atom. The molecule has 0 saturated carbocycles. The maximum Gasteiger partial charge on any atom is 0.247 e. The standard InChI is InChI=1S/C25H25N5O2S/c1-15(2)11-12-33-25-27-23-22(28-29-25)20-13-16(3)9-10-21(20)30(17(4)31)24(32-23)19-8-6-5-7-18(19)14-26/h5-10,13,15,24H,11-12H2,1-4H3/t24-/m1/s1. The molecule has 8 heteroatoms. The molecular weight excluding hydrogens is 434 g/mol. The highest BCUT2D eigenvalue weighted by atomic mass is 32.2. The van der Waals surface area contributed by atoms with E-state index in [1.165, 1.54) is 18.7 Å². The number of rotatable bonds is 5. The topological polar surface area (TPSA) is 92.0 Å². The van der Waals surface area contributed by atoms with Crippen molar-refractivity contribution in [1.29, 1.82) is 5.26 Å². The van der Waals surface area contributed by atoms with Crippen LogP contribution >= 0.6 is 11.8 Å². The molecule has 0 unspecified atom stereocenters. The van der Waals surface area contributed by atoms with Crippen LogP contribution in [0.1, 0.15) is 50.1 Å². The van der Waals surface area contributed by atoms with Crippen LogP contribution in [0.3, 0.4) is 0 Å². The Hall–Kier alpha value is -3.44. The number of carbonyl (C=O) groups excluding carboxylic acids is 1. The molecule has 2 aromatic carbocycles. The first-order valence-electron chi connectivity index (χ1n) is 10.8. The molecule has 0 saturated heterocycles. The predicted molar refractivity (Wildman–Crippen MR) is 128 cm³/mol. The SMILES string of the molecule is CC(=O)N1c2ccc(C)cc2-c2nnc(SCCC(C)C)nc2O[C@@H]1c1ccccc1C#N. The molecule has 1 aliphatic rings. The smallest absolute Gasteiger partial charge is 0.247 e. The molecule has 0 N–H and O–H groups in total. The monoisotopic (exact) mass is 459 g/mol. The van der Waals surface area contributed by atoms with Gasteiger partial charge in [0.25, 0.3) is 0 Å². The Labute approximate surface area is 197 Å². The van der Waals surface area contributed by atoms with Crippen molar-refractivity contribution in [2.24, 2.45) is 5.92 Å². The lowest BCUT2D eigenvalue weighted by atomic mass is 10.0. The van der Waals surface area contributed by atoms with Crippen molar-refractivity contribution in [3.8, 4) is 23.2 Å². The van der Waals surface area contributed by atoms with Gasteiger partial charge in [0.1, 0.15) is 0 Å². The molecule has 1 amide bonds. The van der Waals surface area contributed by atoms with E-state index in [1.807, 2.05) is 31.2 Å². The molecule has 0 fully saturated rings. The molecule has 1 atom stereocenters. The third kappa shape index (κ3) is 4.69. The number of carbonyl (C=O) groups is 1. The number of nitriles is 1. The number of hydrogen-bond donors (Lipinski definition) is 0. The van der Waals surface area contributed by atoms with Crippen molar-refractivity contribution in [2.75, 3.05) is 10.7 Å². The van der Waals surface area contributed by atoms with Crippen LogP contribution in [0.15, 0.2) is 47.6 Å². The zero-order valence-corrected chi connectivity index (χ0v) is 19.9. The van der Waals surface area contributed by atoms with Gasteiger partial charge in [0, 0.05) is 23.8 Å². The Morgan fingerprint density at radius 2 is 2.03 bits per heavy atom. The number of aromatic nitrogens is 3. The Bertz CT molecular complexity index is 1240. The van der Waals surface area contributed by atoms with Gasteiger partial charge in [0.05, 0.1) is 17.3 Å². The number of benzene rings is 2. The Balaban J connectivity index is 1.88. The maximum absolute atomic E-state index is 12.9. The molecule has 4 rings (SSSR count). The van der Waals surface area contributed by atoms with E-state index in [9.17, 15) is 10.1 Å². The fourth-order valence-electron chi connectivity index (χ4n) is 3.68. The van der Waals surface area contributed by atoms with Gasteiger partial charge < -0.3 is 4.74 Å². The summed E-state index contributed by atoms with van der Waals surface area (Å²) in [5, 5.41) is 19.0. The van der Waals surface area contributed by atoms with Crippen LogP contribution in [0, 0.1) is 24.2 Å². The lowest BCUT2D eigenvalue weighted by Crippen LogP contribution is -2.36. The van der Waals surface area contributed by atoms with Crippen molar-refractivity contribution in [2.45, 2.75) is 45.5 Å². The zero-order chi connectivity index (χ0) is 23.5. The van der Waals surface area contributed by atoms with Gasteiger partial charge in [-0.2, -0.15) is 10.2 Å². The lowest BCUT2D eigenvalue weighted by molar-refractivity contribution is -0.118. The number of ether oxygens (including phenoxy) is 1. The highest BCUT2D eigenvalue weighted by Gasteiger charge is 2.35. The summed E-state index contributed by atoms with van der Waals surface area (Å²) >= 11 is 1.53. The summed E-state index contributed by atoms with van der Waals surface area (Å²) in [5.74, 6) is 1.53. The van der Waals surface area contributed by atoms with Gasteiger partial charge in [-0.15, -0.1) is 10.2 Å². The second-order valence-corrected chi connectivity index (χ2v) is 9.42. The third-order valence-corrected chi connectivity index (χ3v) is 6.24. The van der Waals surface area contributed by atoms with Crippen LogP contribution < -0.4 is 9.64 Å². The minimum absolute atomic E-state index is 0.217. The summed E-state index contributed by atoms with van der Waals surface area (Å²) in [5.41, 5.74) is 3.86. The van der Waals surface area contributed by atoms with Crippen LogP contribution in [0.4, 0.5) is 5.69 Å². The van der Waals surface area contributed by atoms with E-state index in [-0.39, 0.29) is 5.91 Å². The fraction of sp³-hybridized carbons (Fsp3) is 0.320. The number of hydrogen-bond acceptors (Lipinski definition) is 7. The fourth-order valence-corrected chi connectivity index (χ4v) is 4.70. The van der Waals surface area contributed by atoms with Gasteiger partial charge in [-0.25, -0.2) is 0 Å². The lowest BCUT2D eigenvalue weighted by Gasteiger charge is -2.30. The molecule has 1 aromatic heterocycles. The van der Waals surface area contributed by atoms with Crippen molar-refractivity contribution < 1.29 is 9.53 Å². The van der Waals surface area contributed by atoms with E-state index >= 15 is 0 Å². The van der Waals surface area contributed by atoms with Crippen molar-refractivity contribution in [1.82, 2.24) is 15.2 Å². The molecule has 7 nitrogen and oxygen atoms in total. The van der Waals surface area contributed by atoms with Crippen LogP contribution in [0.5, 0.6) is 5.88 Å². The maximum atomic E-state index is 12.9. The predicted octanol–water partition coefficient (Wildman–Crippen LogP) is 5.30. The zero-order valence-electron chi connectivity index (χ0n) is 19.1. The molecule has 0 bridgehead atoms. The number of amides is 1. The first kappa shape index (κ1) is 22.7. The van der Waals surface area contributed by atoms with E-state index in [0.29, 0.717) is 39.5 Å². The second-order valence-electron chi connectivity index (χ2n) is 8.36. The van der Waals surface area contributed by atoms with Crippen molar-refractivity contribution >= 4 is 23.4 Å². The van der Waals surface area contributed by atoms with Crippen LogP contribution in [0.25, 0.3) is 11.3 Å². The average molecular weight is 460 g/mol. The molecule has 3 aromatic rings. The first-order valence-corrected chi connectivity index (χ1v) is 11.8. The van der Waals surface area contributed by atoms with Crippen molar-refractivity contribution in [3.63, 3.8) is 0 Å². The van der Waals surface area contributed by atoms with Crippen LogP contribution in [0.2, 0.25) is 0 Å². The summed E-state index contributed by atoms with van der Waals surface area (Å²) in [4.78, 5) is 19.1. The minimum Gasteiger partial charge on any atom is -0.447 e. The normalized spacial score (nSPS) is 14.7. The van der Waals surface area contributed by atoms with Gasteiger partial charge in [0.2, 0.25) is 23.2 Å². The average Bonchev–Trinajstić information content (AvgIpc) is 2.92. The molecule has 0 aliphatic carbocycles. The third-order valence-electron chi connectivity index (χ3n) is 5.37. The van der Waals surface area contributed by atoms with E-state index < -0.39 is 6.23 Å². The largest absolute Gasteiger partial charge is 0.447 e. The number of anilines is 1. The van der Waals surface area contributed by atoms with Crippen LogP contribution in [-0.2, 0) is 4.79 Å². The number of nitrogens with zero attached hydrogens (tertiary/aromatic N) is 5. The second kappa shape index (κ2) is 9.59. The molecular formula is C25H25N5O2S. The van der Waals surface area contributed by atoms with Crippen LogP contribution in [-0.4, -0.2) is 26.8 Å². The highest BCUT2D eigenvalue weighted by Crippen LogP contribution is 2.44. The van der Waals surface area contributed by atoms with E-state index in [1.54, 1.807) is 23.1 Å². The van der Waals surface area contributed by atoms with E-state index in [0.717, 1.165) is 23.3 Å². The summed E-state index contributed by atoms with van der Waals surface area (Å²) < 4.78 is 6.38. The van der Waals surface area contributed by atoms with Gasteiger partial charge in [-0.3, -0.25) is 9.69 Å². The Morgan fingerprint density at radius 1 is 1.24 bits per heavy atom. The summed E-state index contributed by atoms with van der Waals surface area (Å²) in [6.45, 7) is 7.81. The number of aryl methyl sites for hydroxylation is 1. The first-order chi connectivity index (χ1) is 15.9. The molecule has 2 heterocycles.